The maximum atomic E-state index is 12.3. The lowest BCUT2D eigenvalue weighted by atomic mass is 9.87. The Kier molecular flexibility index (Phi) is 4.77. The van der Waals surface area contributed by atoms with E-state index in [9.17, 15) is 8.42 Å². The number of rotatable bonds is 3. The van der Waals surface area contributed by atoms with E-state index in [4.69, 9.17) is 23.2 Å². The summed E-state index contributed by atoms with van der Waals surface area (Å²) in [6, 6.07) is 4.42. The smallest absolute Gasteiger partial charge is 0.208 e. The second kappa shape index (κ2) is 6.00. The third-order valence-electron chi connectivity index (χ3n) is 3.60. The summed E-state index contributed by atoms with van der Waals surface area (Å²) in [6.07, 6.45) is 4.17. The summed E-state index contributed by atoms with van der Waals surface area (Å²) in [7, 11) is -3.58. The first kappa shape index (κ1) is 15.1. The van der Waals surface area contributed by atoms with Crippen LogP contribution in [0, 0.1) is 5.92 Å². The van der Waals surface area contributed by atoms with Crippen molar-refractivity contribution in [2.75, 3.05) is 0 Å². The number of hydrogen-bond donors (Lipinski definition) is 1. The van der Waals surface area contributed by atoms with E-state index >= 15 is 0 Å². The normalized spacial score (nSPS) is 24.4. The van der Waals surface area contributed by atoms with Crippen molar-refractivity contribution in [2.45, 2.75) is 43.5 Å². The lowest BCUT2D eigenvalue weighted by molar-refractivity contribution is 0.310. The van der Waals surface area contributed by atoms with Crippen LogP contribution in [0.25, 0.3) is 0 Å². The second-order valence-electron chi connectivity index (χ2n) is 5.06. The average molecular weight is 322 g/mol. The minimum absolute atomic E-state index is 0.00880. The van der Waals surface area contributed by atoms with Crippen molar-refractivity contribution < 1.29 is 8.42 Å². The van der Waals surface area contributed by atoms with E-state index in [1.54, 1.807) is 0 Å². The van der Waals surface area contributed by atoms with Crippen LogP contribution in [0.4, 0.5) is 0 Å². The maximum Gasteiger partial charge on any atom is 0.242 e. The van der Waals surface area contributed by atoms with Crippen molar-refractivity contribution in [1.29, 1.82) is 0 Å². The highest BCUT2D eigenvalue weighted by Gasteiger charge is 2.27. The van der Waals surface area contributed by atoms with Crippen LogP contribution in [-0.4, -0.2) is 14.5 Å². The van der Waals surface area contributed by atoms with Crippen LogP contribution >= 0.6 is 23.2 Å². The van der Waals surface area contributed by atoms with Crippen molar-refractivity contribution in [3.05, 3.63) is 28.2 Å². The highest BCUT2D eigenvalue weighted by atomic mass is 35.5. The van der Waals surface area contributed by atoms with E-state index in [1.165, 1.54) is 24.6 Å². The zero-order chi connectivity index (χ0) is 14.0. The third kappa shape index (κ3) is 3.63. The fourth-order valence-electron chi connectivity index (χ4n) is 2.45. The molecular formula is C13H17Cl2NO2S. The lowest BCUT2D eigenvalue weighted by Crippen LogP contribution is -2.41. The molecular weight excluding hydrogens is 305 g/mol. The molecule has 0 spiro atoms. The predicted molar refractivity (Wildman–Crippen MR) is 78.2 cm³/mol. The third-order valence-corrected chi connectivity index (χ3v) is 5.81. The van der Waals surface area contributed by atoms with Crippen LogP contribution in [0.3, 0.4) is 0 Å². The van der Waals surface area contributed by atoms with Gasteiger partial charge >= 0.3 is 0 Å². The molecule has 19 heavy (non-hydrogen) atoms. The zero-order valence-electron chi connectivity index (χ0n) is 10.7. The molecule has 3 nitrogen and oxygen atoms in total. The van der Waals surface area contributed by atoms with Gasteiger partial charge in [-0.1, -0.05) is 43.0 Å². The number of benzene rings is 1. The summed E-state index contributed by atoms with van der Waals surface area (Å²) in [5, 5.41) is 0.582. The Morgan fingerprint density at radius 2 is 1.89 bits per heavy atom. The molecule has 0 aromatic heterocycles. The molecule has 0 bridgehead atoms. The van der Waals surface area contributed by atoms with Crippen LogP contribution in [0.5, 0.6) is 0 Å². The quantitative estimate of drug-likeness (QED) is 0.919. The van der Waals surface area contributed by atoms with Gasteiger partial charge in [-0.25, -0.2) is 13.1 Å². The molecule has 1 fully saturated rings. The Bertz CT molecular complexity index is 560. The van der Waals surface area contributed by atoms with Gasteiger partial charge < -0.3 is 0 Å². The summed E-state index contributed by atoms with van der Waals surface area (Å²) < 4.78 is 27.4. The molecule has 106 valence electrons. The molecule has 2 rings (SSSR count). The number of sulfonamides is 1. The van der Waals surface area contributed by atoms with Crippen molar-refractivity contribution >= 4 is 33.2 Å². The van der Waals surface area contributed by atoms with Gasteiger partial charge in [0, 0.05) is 11.1 Å². The van der Waals surface area contributed by atoms with Crippen LogP contribution < -0.4 is 4.72 Å². The monoisotopic (exact) mass is 321 g/mol. The van der Waals surface area contributed by atoms with Gasteiger partial charge in [0.25, 0.3) is 0 Å². The number of nitrogens with one attached hydrogen (secondary N) is 1. The number of hydrogen-bond acceptors (Lipinski definition) is 2. The Balaban J connectivity index is 2.22. The molecule has 6 heteroatoms. The summed E-state index contributed by atoms with van der Waals surface area (Å²) >= 11 is 11.7. The SMILES string of the molecule is C[C@@H]1CCCC[C@@H]1NS(=O)(=O)c1ccc(Cl)cc1Cl. The van der Waals surface area contributed by atoms with Crippen molar-refractivity contribution in [3.8, 4) is 0 Å². The minimum Gasteiger partial charge on any atom is -0.208 e. The van der Waals surface area contributed by atoms with Crippen LogP contribution in [-0.2, 0) is 10.0 Å². The Morgan fingerprint density at radius 1 is 1.21 bits per heavy atom. The summed E-state index contributed by atoms with van der Waals surface area (Å²) in [5.74, 6) is 0.356. The molecule has 0 heterocycles. The topological polar surface area (TPSA) is 46.2 Å². The van der Waals surface area contributed by atoms with E-state index in [1.807, 2.05) is 0 Å². The van der Waals surface area contributed by atoms with Gasteiger partial charge in [-0.05, 0) is 37.0 Å². The first-order valence-electron chi connectivity index (χ1n) is 6.37. The van der Waals surface area contributed by atoms with Crippen LogP contribution in [0.15, 0.2) is 23.1 Å². The van der Waals surface area contributed by atoms with E-state index in [2.05, 4.69) is 11.6 Å². The van der Waals surface area contributed by atoms with Gasteiger partial charge in [-0.2, -0.15) is 0 Å². The molecule has 1 N–H and O–H groups in total. The van der Waals surface area contributed by atoms with Crippen molar-refractivity contribution in [3.63, 3.8) is 0 Å². The van der Waals surface area contributed by atoms with E-state index in [0.29, 0.717) is 10.9 Å². The van der Waals surface area contributed by atoms with Gasteiger partial charge in [0.1, 0.15) is 4.90 Å². The van der Waals surface area contributed by atoms with Gasteiger partial charge in [-0.15, -0.1) is 0 Å². The van der Waals surface area contributed by atoms with Gasteiger partial charge in [0.2, 0.25) is 10.0 Å². The largest absolute Gasteiger partial charge is 0.242 e. The maximum absolute atomic E-state index is 12.3. The Hall–Kier alpha value is -0.290. The highest BCUT2D eigenvalue weighted by molar-refractivity contribution is 7.89. The fourth-order valence-corrected chi connectivity index (χ4v) is 4.60. The molecule has 2 atom stereocenters. The fraction of sp³-hybridized carbons (Fsp3) is 0.538. The van der Waals surface area contributed by atoms with E-state index in [0.717, 1.165) is 19.3 Å². The molecule has 0 aliphatic heterocycles. The molecule has 0 radical (unpaired) electrons. The highest BCUT2D eigenvalue weighted by Crippen LogP contribution is 2.28. The number of halogens is 2. The summed E-state index contributed by atoms with van der Waals surface area (Å²) in [4.78, 5) is 0.0938. The zero-order valence-corrected chi connectivity index (χ0v) is 13.0. The lowest BCUT2D eigenvalue weighted by Gasteiger charge is -2.29. The minimum atomic E-state index is -3.58. The molecule has 0 amide bonds. The summed E-state index contributed by atoms with van der Waals surface area (Å²) in [5.41, 5.74) is 0. The van der Waals surface area contributed by atoms with Gasteiger partial charge in [0.15, 0.2) is 0 Å². The Morgan fingerprint density at radius 3 is 2.53 bits per heavy atom. The standard InChI is InChI=1S/C13H17Cl2NO2S/c1-9-4-2-3-5-12(9)16-19(17,18)13-7-6-10(14)8-11(13)15/h6-9,12,16H,2-5H2,1H3/t9-,12+/m1/s1. The van der Waals surface area contributed by atoms with Crippen molar-refractivity contribution in [1.82, 2.24) is 4.72 Å². The van der Waals surface area contributed by atoms with Crippen LogP contribution in [0.1, 0.15) is 32.6 Å². The first-order valence-corrected chi connectivity index (χ1v) is 8.61. The first-order chi connectivity index (χ1) is 8.90. The van der Waals surface area contributed by atoms with Gasteiger partial charge in [-0.3, -0.25) is 0 Å². The predicted octanol–water partition coefficient (Wildman–Crippen LogP) is 3.85. The van der Waals surface area contributed by atoms with Gasteiger partial charge in [0.05, 0.1) is 5.02 Å². The molecule has 1 saturated carbocycles. The Labute approximate surface area is 124 Å². The summed E-state index contributed by atoms with van der Waals surface area (Å²) in [6.45, 7) is 2.08. The molecule has 0 unspecified atom stereocenters. The molecule has 1 aliphatic rings. The second-order valence-corrected chi connectivity index (χ2v) is 7.59. The average Bonchev–Trinajstić information content (AvgIpc) is 2.31. The molecule has 1 aliphatic carbocycles. The molecule has 1 aromatic rings. The van der Waals surface area contributed by atoms with Crippen LogP contribution in [0.2, 0.25) is 10.0 Å². The molecule has 0 saturated heterocycles. The van der Waals surface area contributed by atoms with Crippen molar-refractivity contribution in [2.24, 2.45) is 5.92 Å². The van der Waals surface area contributed by atoms with E-state index < -0.39 is 10.0 Å². The molecule has 1 aromatic carbocycles. The van der Waals surface area contributed by atoms with E-state index in [-0.39, 0.29) is 16.0 Å².